The number of aliphatic hydroxyl groups excluding tert-OH is 1. The fraction of sp³-hybridized carbons (Fsp3) is 0.769. The largest absolute Gasteiger partial charge is 0.467 e. The standard InChI is InChI=1S/C26H46O3/c1-24(27)19-15-13-11-9-7-5-3-4-6-8-10-12-14-16-20-25-21-17-18-22-26(25)29-23-28-2/h17-18,21-22,24,27H,3-16,19-20,23H2,1-2H3. The van der Waals surface area contributed by atoms with Gasteiger partial charge < -0.3 is 14.6 Å². The summed E-state index contributed by atoms with van der Waals surface area (Å²) in [7, 11) is 1.66. The number of methoxy groups -OCH3 is 1. The maximum Gasteiger partial charge on any atom is 0.188 e. The molecule has 3 nitrogen and oxygen atoms in total. The second kappa shape index (κ2) is 18.9. The maximum atomic E-state index is 9.23. The van der Waals surface area contributed by atoms with Crippen LogP contribution in [0.2, 0.25) is 0 Å². The topological polar surface area (TPSA) is 38.7 Å². The molecule has 1 rings (SSSR count). The summed E-state index contributed by atoms with van der Waals surface area (Å²) in [5, 5.41) is 9.23. The third kappa shape index (κ3) is 15.4. The highest BCUT2D eigenvalue weighted by Gasteiger charge is 2.02. The Labute approximate surface area is 180 Å². The Morgan fingerprint density at radius 2 is 1.21 bits per heavy atom. The lowest BCUT2D eigenvalue weighted by Crippen LogP contribution is -2.01. The van der Waals surface area contributed by atoms with Gasteiger partial charge in [0.2, 0.25) is 0 Å². The summed E-state index contributed by atoms with van der Waals surface area (Å²) in [6, 6.07) is 8.31. The molecule has 0 radical (unpaired) electrons. The minimum atomic E-state index is -0.118. The monoisotopic (exact) mass is 406 g/mol. The van der Waals surface area contributed by atoms with E-state index in [2.05, 4.69) is 12.1 Å². The number of benzene rings is 1. The van der Waals surface area contributed by atoms with Gasteiger partial charge in [-0.15, -0.1) is 0 Å². The molecule has 0 saturated heterocycles. The van der Waals surface area contributed by atoms with Gasteiger partial charge in [0.1, 0.15) is 5.75 Å². The van der Waals surface area contributed by atoms with Crippen molar-refractivity contribution < 1.29 is 14.6 Å². The minimum absolute atomic E-state index is 0.118. The summed E-state index contributed by atoms with van der Waals surface area (Å²) < 4.78 is 10.6. The molecule has 0 aliphatic carbocycles. The highest BCUT2D eigenvalue weighted by Crippen LogP contribution is 2.21. The smallest absolute Gasteiger partial charge is 0.188 e. The average molecular weight is 407 g/mol. The third-order valence-electron chi connectivity index (χ3n) is 5.62. The van der Waals surface area contributed by atoms with E-state index in [1.54, 1.807) is 7.11 Å². The summed E-state index contributed by atoms with van der Waals surface area (Å²) in [5.41, 5.74) is 1.30. The lowest BCUT2D eigenvalue weighted by atomic mass is 10.0. The summed E-state index contributed by atoms with van der Waals surface area (Å²) >= 11 is 0. The van der Waals surface area contributed by atoms with Crippen molar-refractivity contribution in [1.82, 2.24) is 0 Å². The summed E-state index contributed by atoms with van der Waals surface area (Å²) in [4.78, 5) is 0. The van der Waals surface area contributed by atoms with Gasteiger partial charge >= 0.3 is 0 Å². The van der Waals surface area contributed by atoms with Gasteiger partial charge in [0.05, 0.1) is 6.10 Å². The molecule has 1 N–H and O–H groups in total. The van der Waals surface area contributed by atoms with Crippen LogP contribution in [0.15, 0.2) is 24.3 Å². The van der Waals surface area contributed by atoms with Gasteiger partial charge in [-0.25, -0.2) is 0 Å². The van der Waals surface area contributed by atoms with Gasteiger partial charge in [-0.3, -0.25) is 0 Å². The first-order valence-electron chi connectivity index (χ1n) is 12.1. The van der Waals surface area contributed by atoms with E-state index in [9.17, 15) is 5.11 Å². The zero-order valence-corrected chi connectivity index (χ0v) is 19.2. The molecule has 0 spiro atoms. The number of aryl methyl sites for hydroxylation is 1. The lowest BCUT2D eigenvalue weighted by Gasteiger charge is -2.10. The van der Waals surface area contributed by atoms with E-state index in [-0.39, 0.29) is 6.10 Å². The Bertz CT molecular complexity index is 473. The molecule has 0 aromatic heterocycles. The van der Waals surface area contributed by atoms with E-state index >= 15 is 0 Å². The number of hydrogen-bond donors (Lipinski definition) is 1. The van der Waals surface area contributed by atoms with Crippen LogP contribution in [-0.4, -0.2) is 25.1 Å². The highest BCUT2D eigenvalue weighted by atomic mass is 16.7. The zero-order chi connectivity index (χ0) is 21.0. The van der Waals surface area contributed by atoms with Gasteiger partial charge in [0.15, 0.2) is 6.79 Å². The number of hydrogen-bond acceptors (Lipinski definition) is 3. The molecule has 0 fully saturated rings. The van der Waals surface area contributed by atoms with E-state index in [0.29, 0.717) is 6.79 Å². The summed E-state index contributed by atoms with van der Waals surface area (Å²) in [6.45, 7) is 2.21. The summed E-state index contributed by atoms with van der Waals surface area (Å²) in [5.74, 6) is 0.967. The molecule has 0 heterocycles. The average Bonchev–Trinajstić information content (AvgIpc) is 2.72. The maximum absolute atomic E-state index is 9.23. The highest BCUT2D eigenvalue weighted by molar-refractivity contribution is 5.33. The number of rotatable bonds is 20. The van der Waals surface area contributed by atoms with Crippen LogP contribution in [0.5, 0.6) is 5.75 Å². The quantitative estimate of drug-likeness (QED) is 0.180. The SMILES string of the molecule is COCOc1ccccc1CCCCCCCCCCCCCCCCC(C)O. The Balaban J connectivity index is 1.85. The van der Waals surface area contributed by atoms with Gasteiger partial charge in [0.25, 0.3) is 0 Å². The second-order valence-electron chi connectivity index (χ2n) is 8.50. The van der Waals surface area contributed by atoms with Crippen molar-refractivity contribution in [3.05, 3.63) is 29.8 Å². The normalized spacial score (nSPS) is 12.2. The van der Waals surface area contributed by atoms with Crippen LogP contribution in [0.1, 0.15) is 109 Å². The first-order valence-corrected chi connectivity index (χ1v) is 12.1. The molecular formula is C26H46O3. The Morgan fingerprint density at radius 1 is 0.724 bits per heavy atom. The van der Waals surface area contributed by atoms with Crippen LogP contribution >= 0.6 is 0 Å². The fourth-order valence-corrected chi connectivity index (χ4v) is 3.85. The van der Waals surface area contributed by atoms with E-state index in [0.717, 1.165) is 18.6 Å². The van der Waals surface area contributed by atoms with Crippen molar-refractivity contribution in [1.29, 1.82) is 0 Å². The minimum Gasteiger partial charge on any atom is -0.467 e. The predicted octanol–water partition coefficient (Wildman–Crippen LogP) is 7.44. The second-order valence-corrected chi connectivity index (χ2v) is 8.50. The number of unbranched alkanes of at least 4 members (excludes halogenated alkanes) is 13. The van der Waals surface area contributed by atoms with Crippen LogP contribution in [-0.2, 0) is 11.2 Å². The van der Waals surface area contributed by atoms with Crippen molar-refractivity contribution >= 4 is 0 Å². The van der Waals surface area contributed by atoms with Crippen molar-refractivity contribution in [2.45, 2.75) is 116 Å². The predicted molar refractivity (Wildman–Crippen MR) is 124 cm³/mol. The number of aliphatic hydroxyl groups is 1. The van der Waals surface area contributed by atoms with Gasteiger partial charge in [0, 0.05) is 7.11 Å². The van der Waals surface area contributed by atoms with Crippen LogP contribution in [0, 0.1) is 0 Å². The van der Waals surface area contributed by atoms with Crippen molar-refractivity contribution in [3.63, 3.8) is 0 Å². The molecule has 29 heavy (non-hydrogen) atoms. The van der Waals surface area contributed by atoms with E-state index in [1.807, 2.05) is 19.1 Å². The molecule has 0 saturated carbocycles. The third-order valence-corrected chi connectivity index (χ3v) is 5.62. The van der Waals surface area contributed by atoms with Gasteiger partial charge in [-0.1, -0.05) is 102 Å². The lowest BCUT2D eigenvalue weighted by molar-refractivity contribution is 0.0504. The fourth-order valence-electron chi connectivity index (χ4n) is 3.85. The van der Waals surface area contributed by atoms with E-state index in [4.69, 9.17) is 9.47 Å². The van der Waals surface area contributed by atoms with Crippen molar-refractivity contribution in [3.8, 4) is 5.75 Å². The molecule has 0 aliphatic heterocycles. The zero-order valence-electron chi connectivity index (χ0n) is 19.2. The van der Waals surface area contributed by atoms with Crippen LogP contribution in [0.4, 0.5) is 0 Å². The van der Waals surface area contributed by atoms with Crippen molar-refractivity contribution in [2.24, 2.45) is 0 Å². The molecule has 1 atom stereocenters. The molecule has 0 amide bonds. The molecule has 1 aromatic carbocycles. The molecule has 0 bridgehead atoms. The van der Waals surface area contributed by atoms with Gasteiger partial charge in [-0.05, 0) is 37.8 Å². The number of para-hydroxylation sites is 1. The van der Waals surface area contributed by atoms with Gasteiger partial charge in [-0.2, -0.15) is 0 Å². The first kappa shape index (κ1) is 26.0. The van der Waals surface area contributed by atoms with E-state index < -0.39 is 0 Å². The first-order chi connectivity index (χ1) is 14.2. The molecule has 3 heteroatoms. The molecule has 1 aromatic rings. The van der Waals surface area contributed by atoms with E-state index in [1.165, 1.54) is 95.5 Å². The summed E-state index contributed by atoms with van der Waals surface area (Å²) in [6.07, 6.45) is 20.8. The van der Waals surface area contributed by atoms with Crippen LogP contribution in [0.25, 0.3) is 0 Å². The Kier molecular flexibility index (Phi) is 17.0. The molecular weight excluding hydrogens is 360 g/mol. The van der Waals surface area contributed by atoms with Crippen LogP contribution < -0.4 is 4.74 Å². The Hall–Kier alpha value is -1.06. The molecule has 0 aliphatic rings. The number of ether oxygens (including phenoxy) is 2. The molecule has 1 unspecified atom stereocenters. The molecule has 168 valence electrons. The van der Waals surface area contributed by atoms with Crippen molar-refractivity contribution in [2.75, 3.05) is 13.9 Å². The van der Waals surface area contributed by atoms with Crippen LogP contribution in [0.3, 0.4) is 0 Å². The Morgan fingerprint density at radius 3 is 1.72 bits per heavy atom.